The zero-order valence-corrected chi connectivity index (χ0v) is 22.3. The zero-order valence-electron chi connectivity index (χ0n) is 20.1. The Balaban J connectivity index is 1.48. The molecule has 10 heteroatoms. The number of aliphatic hydroxyl groups is 1. The average Bonchev–Trinajstić information content (AvgIpc) is 3.53. The molecule has 0 aromatic heterocycles. The highest BCUT2D eigenvalue weighted by atomic mass is 127. The Hall–Kier alpha value is -2.02. The first kappa shape index (κ1) is 26.1. The molecule has 4 aliphatic heterocycles. The van der Waals surface area contributed by atoms with E-state index in [0.717, 1.165) is 10.0 Å². The number of hydrogen-bond acceptors (Lipinski definition) is 7. The minimum atomic E-state index is -1.01. The van der Waals surface area contributed by atoms with Crippen LogP contribution in [0.2, 0.25) is 0 Å². The highest BCUT2D eigenvalue weighted by Crippen LogP contribution is 2.52. The van der Waals surface area contributed by atoms with Crippen LogP contribution in [0.25, 0.3) is 0 Å². The van der Waals surface area contributed by atoms with E-state index in [9.17, 15) is 19.5 Å². The maximum atomic E-state index is 12.7. The van der Waals surface area contributed by atoms with Crippen LogP contribution in [0.15, 0.2) is 47.3 Å². The van der Waals surface area contributed by atoms with Gasteiger partial charge in [-0.2, -0.15) is 0 Å². The van der Waals surface area contributed by atoms with Crippen LogP contribution in [0.5, 0.6) is 0 Å². The number of carbonyl (C=O) groups is 3. The topological polar surface area (TPSA) is 140 Å². The SMILES string of the molecule is CC(/C=C/C(=O)C1=C(O)C(C(C)C(N)=O)NC1=O)=C\C(C)C1OC2(C)OC(C=CC23CO3)C1CI. The Morgan fingerprint density at radius 2 is 2.03 bits per heavy atom. The molecule has 0 aliphatic carbocycles. The fourth-order valence-electron chi connectivity index (χ4n) is 4.97. The van der Waals surface area contributed by atoms with E-state index in [-0.39, 0.29) is 29.6 Å². The van der Waals surface area contributed by atoms with Crippen LogP contribution < -0.4 is 11.1 Å². The Morgan fingerprint density at radius 3 is 2.63 bits per heavy atom. The molecule has 2 amide bonds. The van der Waals surface area contributed by atoms with Crippen molar-refractivity contribution in [3.05, 3.63) is 47.3 Å². The van der Waals surface area contributed by atoms with Crippen LogP contribution in [0.4, 0.5) is 0 Å². The number of primary amides is 1. The van der Waals surface area contributed by atoms with Gasteiger partial charge in [0.1, 0.15) is 11.3 Å². The number of hydrogen-bond donors (Lipinski definition) is 3. The predicted molar refractivity (Wildman–Crippen MR) is 135 cm³/mol. The third kappa shape index (κ3) is 4.61. The van der Waals surface area contributed by atoms with E-state index in [1.54, 1.807) is 6.08 Å². The second-order valence-corrected chi connectivity index (χ2v) is 10.7. The molecule has 0 aromatic rings. The van der Waals surface area contributed by atoms with Crippen molar-refractivity contribution in [3.8, 4) is 0 Å². The minimum absolute atomic E-state index is 0.00531. The zero-order chi connectivity index (χ0) is 25.7. The number of carbonyl (C=O) groups excluding carboxylic acids is 3. The molecule has 0 saturated carbocycles. The fourth-order valence-corrected chi connectivity index (χ4v) is 5.98. The maximum Gasteiger partial charge on any atom is 0.259 e. The van der Waals surface area contributed by atoms with E-state index < -0.39 is 46.7 Å². The lowest BCUT2D eigenvalue weighted by Gasteiger charge is -2.51. The van der Waals surface area contributed by atoms with Gasteiger partial charge in [-0.1, -0.05) is 60.2 Å². The number of ether oxygens (including phenoxy) is 3. The molecule has 0 radical (unpaired) electrons. The van der Waals surface area contributed by atoms with Crippen LogP contribution in [-0.2, 0) is 28.6 Å². The van der Waals surface area contributed by atoms with Crippen molar-refractivity contribution in [2.45, 2.75) is 57.3 Å². The lowest BCUT2D eigenvalue weighted by atomic mass is 9.82. The van der Waals surface area contributed by atoms with Gasteiger partial charge in [-0.15, -0.1) is 0 Å². The van der Waals surface area contributed by atoms with Gasteiger partial charge in [0.15, 0.2) is 11.4 Å². The number of nitrogens with two attached hydrogens (primary N) is 1. The number of rotatable bonds is 8. The fraction of sp³-hybridized carbons (Fsp3) is 0.560. The molecule has 9 nitrogen and oxygen atoms in total. The molecule has 8 unspecified atom stereocenters. The first-order valence-electron chi connectivity index (χ1n) is 11.6. The van der Waals surface area contributed by atoms with Gasteiger partial charge < -0.3 is 30.4 Å². The van der Waals surface area contributed by atoms with Gasteiger partial charge in [0.05, 0.1) is 30.8 Å². The summed E-state index contributed by atoms with van der Waals surface area (Å²) >= 11 is 2.35. The van der Waals surface area contributed by atoms with E-state index in [0.29, 0.717) is 6.61 Å². The molecular formula is C25H31IN2O7. The molecule has 0 aromatic carbocycles. The van der Waals surface area contributed by atoms with E-state index in [4.69, 9.17) is 19.9 Å². The number of amides is 2. The molecule has 1 spiro atoms. The van der Waals surface area contributed by atoms with Crippen LogP contribution in [0.3, 0.4) is 0 Å². The first-order chi connectivity index (χ1) is 16.4. The highest BCUT2D eigenvalue weighted by Gasteiger charge is 2.66. The van der Waals surface area contributed by atoms with Gasteiger partial charge in [-0.05, 0) is 26.0 Å². The van der Waals surface area contributed by atoms with Crippen LogP contribution in [0.1, 0.15) is 27.7 Å². The number of epoxide rings is 1. The van der Waals surface area contributed by atoms with Gasteiger partial charge in [0.2, 0.25) is 11.7 Å². The third-order valence-corrected chi connectivity index (χ3v) is 8.34. The van der Waals surface area contributed by atoms with Crippen molar-refractivity contribution in [1.29, 1.82) is 0 Å². The molecule has 4 heterocycles. The second kappa shape index (κ2) is 9.45. The summed E-state index contributed by atoms with van der Waals surface area (Å²) < 4.78 is 19.3. The van der Waals surface area contributed by atoms with Crippen molar-refractivity contribution < 1.29 is 33.7 Å². The largest absolute Gasteiger partial charge is 0.509 e. The Labute approximate surface area is 217 Å². The summed E-state index contributed by atoms with van der Waals surface area (Å²) in [6, 6.07) is -1.01. The summed E-state index contributed by atoms with van der Waals surface area (Å²) in [7, 11) is 0. The number of halogens is 1. The number of fused-ring (bicyclic) bond motifs is 3. The summed E-state index contributed by atoms with van der Waals surface area (Å²) in [4.78, 5) is 36.4. The second-order valence-electron chi connectivity index (χ2n) is 9.84. The van der Waals surface area contributed by atoms with Crippen LogP contribution >= 0.6 is 22.6 Å². The quantitative estimate of drug-likeness (QED) is 0.0739. The van der Waals surface area contributed by atoms with Gasteiger partial charge in [0.25, 0.3) is 5.91 Å². The number of ketones is 1. The molecule has 4 N–H and O–H groups in total. The molecule has 2 saturated heterocycles. The summed E-state index contributed by atoms with van der Waals surface area (Å²) in [6.07, 6.45) is 8.82. The normalized spacial score (nSPS) is 38.1. The molecule has 2 fully saturated rings. The Bertz CT molecular complexity index is 1060. The number of aliphatic hydroxyl groups excluding tert-OH is 1. The number of allylic oxidation sites excluding steroid dienone is 3. The van der Waals surface area contributed by atoms with E-state index in [1.807, 2.05) is 19.9 Å². The lowest BCUT2D eigenvalue weighted by Crippen LogP contribution is -2.62. The van der Waals surface area contributed by atoms with Gasteiger partial charge in [0, 0.05) is 16.3 Å². The standard InChI is InChI=1S/C25H31IN2O7/c1-12(5-6-16(29)18-20(30)19(28-23(18)32)14(3)22(27)31)9-13(2)21-15(10-26)17-7-8-25(11-33-25)24(4,34-17)35-21/h5-9,13-15,17,19,21,30H,10-11H2,1-4H3,(H2,27,31)(H,28,32)/b6-5+,12-9+. The molecule has 35 heavy (non-hydrogen) atoms. The molecule has 4 rings (SSSR count). The Kier molecular flexibility index (Phi) is 7.04. The summed E-state index contributed by atoms with van der Waals surface area (Å²) in [6.45, 7) is 7.88. The highest BCUT2D eigenvalue weighted by molar-refractivity contribution is 14.1. The minimum Gasteiger partial charge on any atom is -0.509 e. The predicted octanol–water partition coefficient (Wildman–Crippen LogP) is 2.02. The smallest absolute Gasteiger partial charge is 0.259 e. The van der Waals surface area contributed by atoms with E-state index >= 15 is 0 Å². The number of nitrogens with one attached hydrogen (secondary N) is 1. The molecular weight excluding hydrogens is 567 g/mol. The van der Waals surface area contributed by atoms with Crippen molar-refractivity contribution in [2.75, 3.05) is 11.0 Å². The summed E-state index contributed by atoms with van der Waals surface area (Å²) in [5, 5.41) is 12.8. The van der Waals surface area contributed by atoms with Crippen molar-refractivity contribution in [1.82, 2.24) is 5.32 Å². The van der Waals surface area contributed by atoms with Crippen molar-refractivity contribution in [3.63, 3.8) is 0 Å². The first-order valence-corrected chi connectivity index (χ1v) is 13.1. The van der Waals surface area contributed by atoms with Crippen LogP contribution in [-0.4, -0.2) is 63.4 Å². The van der Waals surface area contributed by atoms with Gasteiger partial charge in [-0.25, -0.2) is 0 Å². The van der Waals surface area contributed by atoms with E-state index in [1.165, 1.54) is 13.0 Å². The number of alkyl halides is 1. The molecule has 2 bridgehead atoms. The molecule has 190 valence electrons. The maximum absolute atomic E-state index is 12.7. The summed E-state index contributed by atoms with van der Waals surface area (Å²) in [5.74, 6) is -4.07. The molecule has 4 aliphatic rings. The molecule has 8 atom stereocenters. The van der Waals surface area contributed by atoms with Crippen LogP contribution in [0, 0.1) is 17.8 Å². The lowest BCUT2D eigenvalue weighted by molar-refractivity contribution is -0.345. The van der Waals surface area contributed by atoms with Gasteiger partial charge >= 0.3 is 0 Å². The van der Waals surface area contributed by atoms with E-state index in [2.05, 4.69) is 47.0 Å². The average molecular weight is 598 g/mol. The third-order valence-electron chi connectivity index (χ3n) is 7.32. The van der Waals surface area contributed by atoms with Gasteiger partial charge in [-0.3, -0.25) is 14.4 Å². The van der Waals surface area contributed by atoms with Crippen molar-refractivity contribution in [2.24, 2.45) is 23.5 Å². The summed E-state index contributed by atoms with van der Waals surface area (Å²) in [5.41, 5.74) is 5.17. The Morgan fingerprint density at radius 1 is 1.34 bits per heavy atom. The monoisotopic (exact) mass is 598 g/mol. The van der Waals surface area contributed by atoms with Crippen molar-refractivity contribution >= 4 is 40.2 Å².